The molecule has 0 atom stereocenters. The molecule has 60 valence electrons. The number of hydrogen-bond donors (Lipinski definition) is 1. The van der Waals surface area contributed by atoms with Gasteiger partial charge in [0.05, 0.1) is 6.04 Å². The van der Waals surface area contributed by atoms with Crippen LogP contribution in [-0.4, -0.2) is 15.0 Å². The molecule has 1 aliphatic rings. The molecule has 11 heavy (non-hydrogen) atoms. The molecule has 1 saturated carbocycles. The smallest absolute Gasteiger partial charge is 0.145 e. The zero-order valence-corrected chi connectivity index (χ0v) is 6.62. The van der Waals surface area contributed by atoms with Crippen LogP contribution >= 0.6 is 0 Å². The zero-order chi connectivity index (χ0) is 7.84. The summed E-state index contributed by atoms with van der Waals surface area (Å²) in [6, 6.07) is 0.524. The number of nitrogen functional groups attached to an aromatic ring is 1. The maximum absolute atomic E-state index is 5.75. The van der Waals surface area contributed by atoms with Gasteiger partial charge in [0.25, 0.3) is 0 Å². The summed E-state index contributed by atoms with van der Waals surface area (Å²) in [6.07, 6.45) is 3.70. The molecule has 0 aliphatic heterocycles. The average molecular weight is 152 g/mol. The molecule has 0 spiro atoms. The number of rotatable bonds is 1. The van der Waals surface area contributed by atoms with Crippen molar-refractivity contribution in [1.29, 1.82) is 0 Å². The quantitative estimate of drug-likeness (QED) is 0.650. The number of aromatic nitrogens is 3. The first-order valence-corrected chi connectivity index (χ1v) is 3.96. The highest BCUT2D eigenvalue weighted by atomic mass is 15.5. The van der Waals surface area contributed by atoms with Gasteiger partial charge in [0.1, 0.15) is 11.5 Å². The molecule has 0 radical (unpaired) electrons. The summed E-state index contributed by atoms with van der Waals surface area (Å²) in [6.45, 7) is 1.89. The van der Waals surface area contributed by atoms with Crippen molar-refractivity contribution >= 4 is 5.82 Å². The predicted octanol–water partition coefficient (Wildman–Crippen LogP) is 0.894. The monoisotopic (exact) mass is 152 g/mol. The van der Waals surface area contributed by atoms with Crippen molar-refractivity contribution in [3.8, 4) is 0 Å². The number of hydrogen-bond acceptors (Lipinski definition) is 3. The van der Waals surface area contributed by atoms with E-state index in [-0.39, 0.29) is 0 Å². The average Bonchev–Trinajstić information content (AvgIpc) is 2.15. The van der Waals surface area contributed by atoms with E-state index in [0.717, 1.165) is 11.5 Å². The fourth-order valence-electron chi connectivity index (χ4n) is 1.28. The van der Waals surface area contributed by atoms with Gasteiger partial charge in [0, 0.05) is 0 Å². The molecular weight excluding hydrogens is 140 g/mol. The molecule has 1 fully saturated rings. The largest absolute Gasteiger partial charge is 0.382 e. The van der Waals surface area contributed by atoms with Crippen molar-refractivity contribution in [2.75, 3.05) is 5.73 Å². The van der Waals surface area contributed by atoms with E-state index < -0.39 is 0 Å². The lowest BCUT2D eigenvalue weighted by Crippen LogP contribution is -2.19. The Balaban J connectivity index is 2.29. The second-order valence-corrected chi connectivity index (χ2v) is 3.09. The Kier molecular flexibility index (Phi) is 1.34. The second-order valence-electron chi connectivity index (χ2n) is 3.09. The van der Waals surface area contributed by atoms with Crippen LogP contribution in [0.3, 0.4) is 0 Å². The van der Waals surface area contributed by atoms with Gasteiger partial charge >= 0.3 is 0 Å². The standard InChI is InChI=1S/C7H12N4/c1-5-7(8)11(10-9-5)6-3-2-4-6/h6H,2-4,8H2,1H3. The van der Waals surface area contributed by atoms with E-state index >= 15 is 0 Å². The Morgan fingerprint density at radius 2 is 2.27 bits per heavy atom. The lowest BCUT2D eigenvalue weighted by molar-refractivity contribution is 0.288. The van der Waals surface area contributed by atoms with E-state index in [0.29, 0.717) is 6.04 Å². The Bertz CT molecular complexity index is 261. The van der Waals surface area contributed by atoms with Crippen molar-refractivity contribution < 1.29 is 0 Å². The van der Waals surface area contributed by atoms with Crippen LogP contribution < -0.4 is 5.73 Å². The highest BCUT2D eigenvalue weighted by Gasteiger charge is 2.22. The van der Waals surface area contributed by atoms with Crippen LogP contribution in [0.4, 0.5) is 5.82 Å². The normalized spacial score (nSPS) is 18.3. The van der Waals surface area contributed by atoms with Crippen LogP contribution in [0, 0.1) is 6.92 Å². The first-order chi connectivity index (χ1) is 5.29. The summed E-state index contributed by atoms with van der Waals surface area (Å²) >= 11 is 0. The van der Waals surface area contributed by atoms with Crippen molar-refractivity contribution in [1.82, 2.24) is 15.0 Å². The Morgan fingerprint density at radius 3 is 2.64 bits per heavy atom. The maximum Gasteiger partial charge on any atom is 0.145 e. The van der Waals surface area contributed by atoms with Crippen LogP contribution in [0.2, 0.25) is 0 Å². The minimum absolute atomic E-state index is 0.524. The Morgan fingerprint density at radius 1 is 1.55 bits per heavy atom. The number of nitrogens with zero attached hydrogens (tertiary/aromatic N) is 3. The van der Waals surface area contributed by atoms with Crippen molar-refractivity contribution in [3.05, 3.63) is 5.69 Å². The predicted molar refractivity (Wildman–Crippen MR) is 42.1 cm³/mol. The summed E-state index contributed by atoms with van der Waals surface area (Å²) in [5, 5.41) is 7.89. The molecular formula is C7H12N4. The first-order valence-electron chi connectivity index (χ1n) is 3.96. The van der Waals surface area contributed by atoms with Crippen LogP contribution in [0.25, 0.3) is 0 Å². The van der Waals surface area contributed by atoms with Crippen LogP contribution in [-0.2, 0) is 0 Å². The topological polar surface area (TPSA) is 56.7 Å². The summed E-state index contributed by atoms with van der Waals surface area (Å²) < 4.78 is 1.85. The number of aryl methyl sites for hydroxylation is 1. The minimum Gasteiger partial charge on any atom is -0.382 e. The molecule has 0 unspecified atom stereocenters. The van der Waals surface area contributed by atoms with Crippen LogP contribution in [0.5, 0.6) is 0 Å². The summed E-state index contributed by atoms with van der Waals surface area (Å²) in [4.78, 5) is 0. The SMILES string of the molecule is Cc1nnn(C2CCC2)c1N. The van der Waals surface area contributed by atoms with Gasteiger partial charge in [0.2, 0.25) is 0 Å². The van der Waals surface area contributed by atoms with Gasteiger partial charge in [0.15, 0.2) is 0 Å². The van der Waals surface area contributed by atoms with Crippen molar-refractivity contribution in [2.24, 2.45) is 0 Å². The molecule has 0 aromatic carbocycles. The number of anilines is 1. The van der Waals surface area contributed by atoms with Gasteiger partial charge in [-0.3, -0.25) is 0 Å². The summed E-state index contributed by atoms with van der Waals surface area (Å²) in [5.41, 5.74) is 6.60. The van der Waals surface area contributed by atoms with Crippen molar-refractivity contribution in [3.63, 3.8) is 0 Å². The Labute approximate surface area is 65.4 Å². The van der Waals surface area contributed by atoms with Gasteiger partial charge < -0.3 is 5.73 Å². The summed E-state index contributed by atoms with van der Waals surface area (Å²) in [5.74, 6) is 0.731. The third kappa shape index (κ3) is 0.895. The molecule has 1 heterocycles. The van der Waals surface area contributed by atoms with E-state index in [1.807, 2.05) is 11.6 Å². The highest BCUT2D eigenvalue weighted by molar-refractivity contribution is 5.33. The molecule has 0 amide bonds. The molecule has 0 bridgehead atoms. The third-order valence-electron chi connectivity index (χ3n) is 2.33. The first kappa shape index (κ1) is 6.64. The highest BCUT2D eigenvalue weighted by Crippen LogP contribution is 2.32. The zero-order valence-electron chi connectivity index (χ0n) is 6.62. The molecule has 2 N–H and O–H groups in total. The number of nitrogens with two attached hydrogens (primary N) is 1. The second kappa shape index (κ2) is 2.22. The third-order valence-corrected chi connectivity index (χ3v) is 2.33. The molecule has 0 saturated heterocycles. The van der Waals surface area contributed by atoms with Gasteiger partial charge in [-0.15, -0.1) is 5.10 Å². The molecule has 2 rings (SSSR count). The molecule has 4 nitrogen and oxygen atoms in total. The molecule has 1 aliphatic carbocycles. The van der Waals surface area contributed by atoms with Crippen LogP contribution in [0.15, 0.2) is 0 Å². The van der Waals surface area contributed by atoms with Gasteiger partial charge in [-0.1, -0.05) is 5.21 Å². The molecule has 1 aromatic rings. The van der Waals surface area contributed by atoms with E-state index in [2.05, 4.69) is 10.3 Å². The lowest BCUT2D eigenvalue weighted by atomic mass is 9.93. The Hall–Kier alpha value is -1.06. The van der Waals surface area contributed by atoms with Crippen molar-refractivity contribution in [2.45, 2.75) is 32.2 Å². The van der Waals surface area contributed by atoms with E-state index in [4.69, 9.17) is 5.73 Å². The lowest BCUT2D eigenvalue weighted by Gasteiger charge is -2.25. The van der Waals surface area contributed by atoms with Crippen LogP contribution in [0.1, 0.15) is 31.0 Å². The van der Waals surface area contributed by atoms with Gasteiger partial charge in [-0.2, -0.15) is 0 Å². The van der Waals surface area contributed by atoms with E-state index in [1.165, 1.54) is 19.3 Å². The van der Waals surface area contributed by atoms with E-state index in [9.17, 15) is 0 Å². The summed E-state index contributed by atoms with van der Waals surface area (Å²) in [7, 11) is 0. The fraction of sp³-hybridized carbons (Fsp3) is 0.714. The van der Waals surface area contributed by atoms with Gasteiger partial charge in [-0.05, 0) is 26.2 Å². The maximum atomic E-state index is 5.75. The van der Waals surface area contributed by atoms with Gasteiger partial charge in [-0.25, -0.2) is 4.68 Å². The minimum atomic E-state index is 0.524. The van der Waals surface area contributed by atoms with E-state index in [1.54, 1.807) is 0 Å². The fourth-order valence-corrected chi connectivity index (χ4v) is 1.28. The molecule has 1 aromatic heterocycles. The molecule has 4 heteroatoms.